The van der Waals surface area contributed by atoms with Crippen LogP contribution in [-0.2, 0) is 11.2 Å². The molecule has 0 bridgehead atoms. The van der Waals surface area contributed by atoms with Crippen molar-refractivity contribution in [3.05, 3.63) is 23.8 Å². The highest BCUT2D eigenvalue weighted by Gasteiger charge is 2.21. The van der Waals surface area contributed by atoms with Crippen molar-refractivity contribution in [3.8, 4) is 11.5 Å². The Balaban J connectivity index is 2.33. The summed E-state index contributed by atoms with van der Waals surface area (Å²) in [6.07, 6.45) is 0.0508. The fraction of sp³-hybridized carbons (Fsp3) is 0.364. The van der Waals surface area contributed by atoms with E-state index < -0.39 is 6.10 Å². The largest absolute Gasteiger partial charge is 0.487 e. The Morgan fingerprint density at radius 3 is 3.13 bits per heavy atom. The van der Waals surface area contributed by atoms with Gasteiger partial charge in [-0.3, -0.25) is 4.79 Å². The van der Waals surface area contributed by atoms with Gasteiger partial charge in [0.15, 0.2) is 11.5 Å². The Hall–Kier alpha value is -1.55. The molecule has 1 aliphatic rings. The lowest BCUT2D eigenvalue weighted by molar-refractivity contribution is -0.132. The van der Waals surface area contributed by atoms with Gasteiger partial charge in [0.25, 0.3) is 0 Å². The van der Waals surface area contributed by atoms with Crippen LogP contribution in [0, 0.1) is 0 Å². The molecule has 0 amide bonds. The molecule has 4 nitrogen and oxygen atoms in total. The van der Waals surface area contributed by atoms with E-state index in [1.54, 1.807) is 12.1 Å². The van der Waals surface area contributed by atoms with Gasteiger partial charge in [-0.15, -0.1) is 0 Å². The number of esters is 1. The van der Waals surface area contributed by atoms with Crippen molar-refractivity contribution < 1.29 is 19.4 Å². The number of carbonyl (C=O) groups excluding carboxylic acids is 1. The molecule has 80 valence electrons. The number of fused-ring (bicyclic) bond motifs is 1. The second-order valence-electron chi connectivity index (χ2n) is 3.51. The zero-order chi connectivity index (χ0) is 10.8. The van der Waals surface area contributed by atoms with Crippen LogP contribution >= 0.6 is 0 Å². The Morgan fingerprint density at radius 2 is 2.40 bits per heavy atom. The minimum Gasteiger partial charge on any atom is -0.487 e. The maximum Gasteiger partial charge on any atom is 0.308 e. The van der Waals surface area contributed by atoms with E-state index in [0.29, 0.717) is 17.9 Å². The van der Waals surface area contributed by atoms with Crippen LogP contribution in [0.2, 0.25) is 0 Å². The quantitative estimate of drug-likeness (QED) is 0.550. The predicted octanol–water partition coefficient (Wildman–Crippen LogP) is 0.908. The molecule has 0 fully saturated rings. The second kappa shape index (κ2) is 3.90. The topological polar surface area (TPSA) is 55.8 Å². The summed E-state index contributed by atoms with van der Waals surface area (Å²) >= 11 is 0. The molecular weight excluding hydrogens is 196 g/mol. The second-order valence-corrected chi connectivity index (χ2v) is 3.51. The van der Waals surface area contributed by atoms with Gasteiger partial charge in [0.05, 0.1) is 6.10 Å². The lowest BCUT2D eigenvalue weighted by Gasteiger charge is -2.23. The monoisotopic (exact) mass is 208 g/mol. The molecule has 1 aliphatic heterocycles. The fourth-order valence-electron chi connectivity index (χ4n) is 1.61. The Labute approximate surface area is 87.4 Å². The molecule has 0 radical (unpaired) electrons. The van der Waals surface area contributed by atoms with E-state index in [9.17, 15) is 9.90 Å². The Kier molecular flexibility index (Phi) is 2.60. The standard InChI is InChI=1S/C11H12O4/c1-7(12)15-10-4-2-3-8-5-9(13)6-14-11(8)10/h2-4,9,13H,5-6H2,1H3. The van der Waals surface area contributed by atoms with Crippen LogP contribution in [0.5, 0.6) is 11.5 Å². The molecular formula is C11H12O4. The van der Waals surface area contributed by atoms with Gasteiger partial charge in [0.1, 0.15) is 6.61 Å². The first-order chi connectivity index (χ1) is 7.16. The molecule has 1 aromatic rings. The predicted molar refractivity (Wildman–Crippen MR) is 53.0 cm³/mol. The first kappa shape index (κ1) is 9.98. The minimum atomic E-state index is -0.481. The number of ether oxygens (including phenoxy) is 2. The highest BCUT2D eigenvalue weighted by molar-refractivity contribution is 5.70. The van der Waals surface area contributed by atoms with Crippen molar-refractivity contribution >= 4 is 5.97 Å². The summed E-state index contributed by atoms with van der Waals surface area (Å²) < 4.78 is 10.3. The van der Waals surface area contributed by atoms with Gasteiger partial charge in [-0.1, -0.05) is 12.1 Å². The van der Waals surface area contributed by atoms with Crippen LogP contribution in [0.1, 0.15) is 12.5 Å². The molecule has 1 unspecified atom stereocenters. The zero-order valence-electron chi connectivity index (χ0n) is 8.40. The Bertz CT molecular complexity index is 386. The van der Waals surface area contributed by atoms with Crippen LogP contribution in [0.4, 0.5) is 0 Å². The number of aliphatic hydroxyl groups is 1. The number of hydrogen-bond donors (Lipinski definition) is 1. The summed E-state index contributed by atoms with van der Waals surface area (Å²) in [6.45, 7) is 1.59. The van der Waals surface area contributed by atoms with Gasteiger partial charge in [0, 0.05) is 18.9 Å². The van der Waals surface area contributed by atoms with E-state index in [4.69, 9.17) is 9.47 Å². The summed E-state index contributed by atoms with van der Waals surface area (Å²) in [5, 5.41) is 9.40. The number of rotatable bonds is 1. The number of hydrogen-bond acceptors (Lipinski definition) is 4. The maximum atomic E-state index is 10.8. The van der Waals surface area contributed by atoms with Gasteiger partial charge in [-0.25, -0.2) is 0 Å². The Morgan fingerprint density at radius 1 is 1.60 bits per heavy atom. The van der Waals surface area contributed by atoms with Crippen molar-refractivity contribution in [2.24, 2.45) is 0 Å². The highest BCUT2D eigenvalue weighted by Crippen LogP contribution is 2.34. The number of aliphatic hydroxyl groups excluding tert-OH is 1. The third-order valence-electron chi connectivity index (χ3n) is 2.19. The van der Waals surface area contributed by atoms with Crippen LogP contribution < -0.4 is 9.47 Å². The molecule has 0 saturated heterocycles. The van der Waals surface area contributed by atoms with Gasteiger partial charge in [-0.05, 0) is 6.07 Å². The third-order valence-corrected chi connectivity index (χ3v) is 2.19. The SMILES string of the molecule is CC(=O)Oc1cccc2c1OCC(O)C2. The molecule has 4 heteroatoms. The van der Waals surface area contributed by atoms with E-state index in [0.717, 1.165) is 5.56 Å². The highest BCUT2D eigenvalue weighted by atomic mass is 16.6. The van der Waals surface area contributed by atoms with Crippen LogP contribution in [0.25, 0.3) is 0 Å². The van der Waals surface area contributed by atoms with Crippen LogP contribution in [0.3, 0.4) is 0 Å². The van der Waals surface area contributed by atoms with Crippen molar-refractivity contribution in [2.45, 2.75) is 19.4 Å². The summed E-state index contributed by atoms with van der Waals surface area (Å²) in [6, 6.07) is 5.31. The van der Waals surface area contributed by atoms with E-state index in [2.05, 4.69) is 0 Å². The third kappa shape index (κ3) is 2.10. The molecule has 1 heterocycles. The summed E-state index contributed by atoms with van der Waals surface area (Å²) in [5.74, 6) is 0.614. The van der Waals surface area contributed by atoms with Crippen molar-refractivity contribution in [3.63, 3.8) is 0 Å². The van der Waals surface area contributed by atoms with E-state index in [-0.39, 0.29) is 12.6 Å². The van der Waals surface area contributed by atoms with Gasteiger partial charge >= 0.3 is 5.97 Å². The van der Waals surface area contributed by atoms with E-state index in [1.807, 2.05) is 6.07 Å². The zero-order valence-corrected chi connectivity index (χ0v) is 8.40. The summed E-state index contributed by atoms with van der Waals surface area (Å²) in [7, 11) is 0. The normalized spacial score (nSPS) is 18.9. The molecule has 0 aliphatic carbocycles. The summed E-state index contributed by atoms with van der Waals surface area (Å²) in [4.78, 5) is 10.8. The average molecular weight is 208 g/mol. The summed E-state index contributed by atoms with van der Waals surface area (Å²) in [5.41, 5.74) is 0.868. The van der Waals surface area contributed by atoms with Crippen LogP contribution in [0.15, 0.2) is 18.2 Å². The van der Waals surface area contributed by atoms with Crippen molar-refractivity contribution in [1.82, 2.24) is 0 Å². The molecule has 0 spiro atoms. The maximum absolute atomic E-state index is 10.8. The molecule has 2 rings (SSSR count). The smallest absolute Gasteiger partial charge is 0.308 e. The lowest BCUT2D eigenvalue weighted by atomic mass is 10.0. The lowest BCUT2D eigenvalue weighted by Crippen LogP contribution is -2.25. The van der Waals surface area contributed by atoms with E-state index >= 15 is 0 Å². The first-order valence-electron chi connectivity index (χ1n) is 4.78. The molecule has 1 N–H and O–H groups in total. The molecule has 0 aromatic heterocycles. The van der Waals surface area contributed by atoms with Crippen molar-refractivity contribution in [2.75, 3.05) is 6.61 Å². The number of benzene rings is 1. The molecule has 1 aromatic carbocycles. The van der Waals surface area contributed by atoms with Crippen molar-refractivity contribution in [1.29, 1.82) is 0 Å². The van der Waals surface area contributed by atoms with Gasteiger partial charge in [-0.2, -0.15) is 0 Å². The average Bonchev–Trinajstić information content (AvgIpc) is 2.16. The number of para-hydroxylation sites is 1. The van der Waals surface area contributed by atoms with Gasteiger partial charge < -0.3 is 14.6 Å². The van der Waals surface area contributed by atoms with Crippen LogP contribution in [-0.4, -0.2) is 23.8 Å². The fourth-order valence-corrected chi connectivity index (χ4v) is 1.61. The minimum absolute atomic E-state index is 0.241. The molecule has 15 heavy (non-hydrogen) atoms. The number of carbonyl (C=O) groups is 1. The molecule has 1 atom stereocenters. The van der Waals surface area contributed by atoms with E-state index in [1.165, 1.54) is 6.92 Å². The molecule has 0 saturated carbocycles. The first-order valence-corrected chi connectivity index (χ1v) is 4.78. The van der Waals surface area contributed by atoms with Gasteiger partial charge in [0.2, 0.25) is 0 Å².